The van der Waals surface area contributed by atoms with Crippen molar-refractivity contribution in [2.75, 3.05) is 25.0 Å². The number of likely N-dealkylation sites (tertiary alicyclic amines) is 1. The van der Waals surface area contributed by atoms with Crippen LogP contribution in [0.1, 0.15) is 31.7 Å². The first-order chi connectivity index (χ1) is 11.6. The lowest BCUT2D eigenvalue weighted by atomic mass is 10.1. The smallest absolute Gasteiger partial charge is 0.244 e. The molecule has 2 atom stereocenters. The average molecular weight is 331 g/mol. The molecule has 0 saturated carbocycles. The fourth-order valence-electron chi connectivity index (χ4n) is 3.24. The molecule has 6 nitrogen and oxygen atoms in total. The molecule has 0 radical (unpaired) electrons. The number of hydrogen-bond acceptors (Lipinski definition) is 4. The van der Waals surface area contributed by atoms with Gasteiger partial charge in [0.05, 0.1) is 12.7 Å². The van der Waals surface area contributed by atoms with Crippen LogP contribution in [0.5, 0.6) is 0 Å². The van der Waals surface area contributed by atoms with Crippen LogP contribution in [0.2, 0.25) is 0 Å². The molecule has 24 heavy (non-hydrogen) atoms. The van der Waals surface area contributed by atoms with E-state index in [1.54, 1.807) is 0 Å². The van der Waals surface area contributed by atoms with Gasteiger partial charge in [-0.1, -0.05) is 12.1 Å². The summed E-state index contributed by atoms with van der Waals surface area (Å²) in [6.07, 6.45) is 2.54. The number of nitrogens with one attached hydrogen (secondary N) is 2. The van der Waals surface area contributed by atoms with E-state index >= 15 is 0 Å². The number of benzene rings is 1. The monoisotopic (exact) mass is 331 g/mol. The van der Waals surface area contributed by atoms with Gasteiger partial charge in [-0.2, -0.15) is 0 Å². The molecule has 2 amide bonds. The summed E-state index contributed by atoms with van der Waals surface area (Å²) in [5.41, 5.74) is 1.78. The van der Waals surface area contributed by atoms with Crippen LogP contribution in [-0.4, -0.2) is 48.6 Å². The molecule has 2 aliphatic rings. The molecule has 0 aliphatic carbocycles. The van der Waals surface area contributed by atoms with E-state index in [2.05, 4.69) is 10.6 Å². The van der Waals surface area contributed by atoms with Gasteiger partial charge in [0.2, 0.25) is 11.8 Å². The molecule has 1 aromatic rings. The second-order valence-corrected chi connectivity index (χ2v) is 6.47. The van der Waals surface area contributed by atoms with Gasteiger partial charge in [0, 0.05) is 31.7 Å². The molecule has 2 N–H and O–H groups in total. The van der Waals surface area contributed by atoms with Gasteiger partial charge in [-0.3, -0.25) is 9.59 Å². The number of amides is 2. The quantitative estimate of drug-likeness (QED) is 0.877. The molecule has 0 aromatic heterocycles. The number of morpholine rings is 1. The fourth-order valence-corrected chi connectivity index (χ4v) is 3.24. The van der Waals surface area contributed by atoms with Gasteiger partial charge in [-0.25, -0.2) is 0 Å². The molecule has 2 saturated heterocycles. The lowest BCUT2D eigenvalue weighted by Gasteiger charge is -2.29. The van der Waals surface area contributed by atoms with E-state index in [0.29, 0.717) is 26.1 Å². The summed E-state index contributed by atoms with van der Waals surface area (Å²) in [6.45, 7) is 4.62. The Morgan fingerprint density at radius 3 is 3.08 bits per heavy atom. The van der Waals surface area contributed by atoms with Crippen LogP contribution in [0.3, 0.4) is 0 Å². The van der Waals surface area contributed by atoms with E-state index < -0.39 is 0 Å². The van der Waals surface area contributed by atoms with E-state index in [0.717, 1.165) is 30.6 Å². The highest BCUT2D eigenvalue weighted by Crippen LogP contribution is 2.17. The summed E-state index contributed by atoms with van der Waals surface area (Å²) < 4.78 is 5.52. The number of nitrogens with zero attached hydrogens (tertiary/aromatic N) is 1. The van der Waals surface area contributed by atoms with Gasteiger partial charge in [0.1, 0.15) is 6.04 Å². The van der Waals surface area contributed by atoms with Crippen molar-refractivity contribution in [3.63, 3.8) is 0 Å². The number of carbonyl (C=O) groups is 2. The van der Waals surface area contributed by atoms with Crippen molar-refractivity contribution in [3.05, 3.63) is 29.8 Å². The Labute approximate surface area is 142 Å². The van der Waals surface area contributed by atoms with Crippen LogP contribution in [0, 0.1) is 0 Å². The second-order valence-electron chi connectivity index (χ2n) is 6.47. The van der Waals surface area contributed by atoms with Gasteiger partial charge < -0.3 is 20.3 Å². The Balaban J connectivity index is 1.62. The van der Waals surface area contributed by atoms with Gasteiger partial charge in [-0.15, -0.1) is 0 Å². The lowest BCUT2D eigenvalue weighted by Crippen LogP contribution is -2.53. The minimum absolute atomic E-state index is 0.0894. The third-order valence-electron chi connectivity index (χ3n) is 4.59. The van der Waals surface area contributed by atoms with E-state index in [-0.39, 0.29) is 24.0 Å². The largest absolute Gasteiger partial charge is 0.375 e. The number of ether oxygens (including phenoxy) is 1. The third-order valence-corrected chi connectivity index (χ3v) is 4.59. The fraction of sp³-hybridized carbons (Fsp3) is 0.556. The van der Waals surface area contributed by atoms with Crippen LogP contribution < -0.4 is 10.6 Å². The maximum atomic E-state index is 12.4. The highest BCUT2D eigenvalue weighted by Gasteiger charge is 2.28. The van der Waals surface area contributed by atoms with E-state index in [1.807, 2.05) is 36.1 Å². The number of rotatable bonds is 4. The predicted octanol–water partition coefficient (Wildman–Crippen LogP) is 1.51. The molecular formula is C18H25N3O3. The van der Waals surface area contributed by atoms with Crippen LogP contribution in [-0.2, 0) is 20.9 Å². The van der Waals surface area contributed by atoms with Crippen molar-refractivity contribution in [1.29, 1.82) is 0 Å². The van der Waals surface area contributed by atoms with Crippen molar-refractivity contribution in [2.24, 2.45) is 0 Å². The molecule has 2 aliphatic heterocycles. The van der Waals surface area contributed by atoms with Crippen molar-refractivity contribution in [2.45, 2.75) is 44.9 Å². The Morgan fingerprint density at radius 1 is 1.42 bits per heavy atom. The molecule has 6 heteroatoms. The molecule has 3 rings (SSSR count). The summed E-state index contributed by atoms with van der Waals surface area (Å²) in [4.78, 5) is 26.2. The molecule has 1 aromatic carbocycles. The minimum atomic E-state index is -0.342. The van der Waals surface area contributed by atoms with Gasteiger partial charge in [0.25, 0.3) is 0 Å². The van der Waals surface area contributed by atoms with E-state index in [9.17, 15) is 9.59 Å². The van der Waals surface area contributed by atoms with Crippen LogP contribution in [0.15, 0.2) is 24.3 Å². The SMILES string of the molecule is C[C@H]1OCCN[C@@H]1C(=O)Nc1cccc(CN2CCCCC2=O)c1. The second kappa shape index (κ2) is 7.77. The zero-order valence-corrected chi connectivity index (χ0v) is 14.1. The van der Waals surface area contributed by atoms with Crippen molar-refractivity contribution in [3.8, 4) is 0 Å². The topological polar surface area (TPSA) is 70.7 Å². The Bertz CT molecular complexity index is 605. The number of hydrogen-bond donors (Lipinski definition) is 2. The molecule has 0 spiro atoms. The van der Waals surface area contributed by atoms with Crippen LogP contribution >= 0.6 is 0 Å². The first kappa shape index (κ1) is 16.9. The molecule has 0 bridgehead atoms. The maximum Gasteiger partial charge on any atom is 0.244 e. The highest BCUT2D eigenvalue weighted by atomic mass is 16.5. The molecule has 2 heterocycles. The highest BCUT2D eigenvalue weighted by molar-refractivity contribution is 5.95. The predicted molar refractivity (Wildman–Crippen MR) is 91.5 cm³/mol. The molecule has 2 fully saturated rings. The summed E-state index contributed by atoms with van der Waals surface area (Å²) >= 11 is 0. The maximum absolute atomic E-state index is 12.4. The van der Waals surface area contributed by atoms with Crippen LogP contribution in [0.4, 0.5) is 5.69 Å². The minimum Gasteiger partial charge on any atom is -0.375 e. The summed E-state index contributed by atoms with van der Waals surface area (Å²) in [5, 5.41) is 6.13. The van der Waals surface area contributed by atoms with E-state index in [1.165, 1.54) is 0 Å². The van der Waals surface area contributed by atoms with Gasteiger partial charge >= 0.3 is 0 Å². The van der Waals surface area contributed by atoms with Crippen LogP contribution in [0.25, 0.3) is 0 Å². The van der Waals surface area contributed by atoms with Crippen molar-refractivity contribution >= 4 is 17.5 Å². The molecule has 130 valence electrons. The Hall–Kier alpha value is -1.92. The first-order valence-corrected chi connectivity index (χ1v) is 8.66. The molecular weight excluding hydrogens is 306 g/mol. The summed E-state index contributed by atoms with van der Waals surface area (Å²) in [6, 6.07) is 7.36. The Morgan fingerprint density at radius 2 is 2.29 bits per heavy atom. The normalized spacial score (nSPS) is 24.7. The van der Waals surface area contributed by atoms with Crippen molar-refractivity contribution < 1.29 is 14.3 Å². The first-order valence-electron chi connectivity index (χ1n) is 8.66. The summed E-state index contributed by atoms with van der Waals surface area (Å²) in [5.74, 6) is 0.126. The van der Waals surface area contributed by atoms with Gasteiger partial charge in [-0.05, 0) is 37.5 Å². The third kappa shape index (κ3) is 4.13. The molecule has 0 unspecified atom stereocenters. The zero-order chi connectivity index (χ0) is 16.9. The lowest BCUT2D eigenvalue weighted by molar-refractivity contribution is -0.133. The average Bonchev–Trinajstić information content (AvgIpc) is 2.58. The number of piperidine rings is 1. The number of carbonyl (C=O) groups excluding carboxylic acids is 2. The zero-order valence-electron chi connectivity index (χ0n) is 14.1. The Kier molecular flexibility index (Phi) is 5.48. The van der Waals surface area contributed by atoms with Gasteiger partial charge in [0.15, 0.2) is 0 Å². The summed E-state index contributed by atoms with van der Waals surface area (Å²) in [7, 11) is 0. The number of anilines is 1. The standard InChI is InChI=1S/C18H25N3O3/c1-13-17(19-8-10-24-13)18(23)20-15-6-4-5-14(11-15)12-21-9-3-2-7-16(21)22/h4-6,11,13,17,19H,2-3,7-10,12H2,1H3,(H,20,23)/t13-,17+/m1/s1. The van der Waals surface area contributed by atoms with Crippen molar-refractivity contribution in [1.82, 2.24) is 10.2 Å². The van der Waals surface area contributed by atoms with E-state index in [4.69, 9.17) is 4.74 Å².